The first-order chi connectivity index (χ1) is 26.6. The van der Waals surface area contributed by atoms with Crippen molar-refractivity contribution in [3.05, 3.63) is 65.2 Å². The molecule has 56 heavy (non-hydrogen) atoms. The van der Waals surface area contributed by atoms with Crippen LogP contribution in [0.5, 0.6) is 0 Å². The number of aryl methyl sites for hydroxylation is 1. The predicted octanol–water partition coefficient (Wildman–Crippen LogP) is 7.64. The summed E-state index contributed by atoms with van der Waals surface area (Å²) in [6.45, 7) is 16.5. The van der Waals surface area contributed by atoms with Gasteiger partial charge in [0.2, 0.25) is 11.8 Å². The van der Waals surface area contributed by atoms with Gasteiger partial charge in [0.15, 0.2) is 5.82 Å². The molecule has 4 aliphatic rings. The van der Waals surface area contributed by atoms with Crippen molar-refractivity contribution in [2.75, 3.05) is 36.4 Å². The Balaban J connectivity index is 1.19. The minimum absolute atomic E-state index is 0.0433. The number of hydrogen-bond acceptors (Lipinski definition) is 7. The minimum atomic E-state index is -0.671. The number of carbonyl (C=O) groups excluding carboxylic acids is 3. The Bertz CT molecular complexity index is 2200. The molecule has 0 unspecified atom stereocenters. The van der Waals surface area contributed by atoms with Gasteiger partial charge in [-0.2, -0.15) is 0 Å². The molecule has 1 saturated carbocycles. The fourth-order valence-electron chi connectivity index (χ4n) is 9.39. The lowest BCUT2D eigenvalue weighted by Crippen LogP contribution is -2.58. The highest BCUT2D eigenvalue weighted by Gasteiger charge is 2.55. The summed E-state index contributed by atoms with van der Waals surface area (Å²) in [5.41, 5.74) is 4.73. The van der Waals surface area contributed by atoms with E-state index in [2.05, 4.69) is 46.4 Å². The van der Waals surface area contributed by atoms with Crippen LogP contribution in [0.2, 0.25) is 0 Å². The lowest BCUT2D eigenvalue weighted by Gasteiger charge is -2.48. The second-order valence-electron chi connectivity index (χ2n) is 17.8. The zero-order valence-electron chi connectivity index (χ0n) is 33.8. The molecule has 0 radical (unpaired) electrons. The van der Waals surface area contributed by atoms with E-state index in [1.54, 1.807) is 26.2 Å². The van der Waals surface area contributed by atoms with Crippen molar-refractivity contribution >= 4 is 45.9 Å². The van der Waals surface area contributed by atoms with Gasteiger partial charge in [0, 0.05) is 60.5 Å². The number of piperidine rings is 2. The molecule has 5 heterocycles. The standard InChI is InChI=1S/C44H55FN8O3/c1-26(2)52-25-46-37-24-35(47-40(39(37)52)48-36-23-32(27(3)19-34(36)45)41(55)49-43(5,6)7)29-11-12-33-38(20-29)53(31-21-30(22-31)51-15-9-8-10-16-51)42(56)44(33)13-17-50(18-14-44)28(4)54/h11-12,19-20,23-26,30-31H,8-10,13-18,21-22H2,1-7H3,(H,47,48)(H,49,55)/t30-,31+. The van der Waals surface area contributed by atoms with Gasteiger partial charge in [-0.05, 0) is 129 Å². The summed E-state index contributed by atoms with van der Waals surface area (Å²) >= 11 is 0. The fourth-order valence-corrected chi connectivity index (χ4v) is 9.39. The van der Waals surface area contributed by atoms with Gasteiger partial charge in [-0.25, -0.2) is 14.4 Å². The van der Waals surface area contributed by atoms with Crippen LogP contribution in [0.1, 0.15) is 114 Å². The quantitative estimate of drug-likeness (QED) is 0.199. The van der Waals surface area contributed by atoms with Gasteiger partial charge in [0.25, 0.3) is 5.91 Å². The Morgan fingerprint density at radius 3 is 2.34 bits per heavy atom. The summed E-state index contributed by atoms with van der Waals surface area (Å²) < 4.78 is 17.8. The summed E-state index contributed by atoms with van der Waals surface area (Å²) in [6.07, 6.45) is 8.63. The van der Waals surface area contributed by atoms with Crippen molar-refractivity contribution < 1.29 is 18.8 Å². The Morgan fingerprint density at radius 1 is 0.964 bits per heavy atom. The van der Waals surface area contributed by atoms with Crippen LogP contribution in [0.3, 0.4) is 0 Å². The van der Waals surface area contributed by atoms with Crippen LogP contribution in [0.25, 0.3) is 22.3 Å². The van der Waals surface area contributed by atoms with Gasteiger partial charge < -0.3 is 29.9 Å². The predicted molar refractivity (Wildman–Crippen MR) is 218 cm³/mol. The SMILES string of the molecule is CC(=O)N1CCC2(CC1)C(=O)N([C@H]1C[C@@H](N3CCCCC3)C1)c1cc(-c3cc4ncn(C(C)C)c4c(Nc4cc(C(=O)NC(C)(C)C)c(C)cc4F)n3)ccc12. The highest BCUT2D eigenvalue weighted by atomic mass is 19.1. The molecule has 2 saturated heterocycles. The highest BCUT2D eigenvalue weighted by molar-refractivity contribution is 6.09. The largest absolute Gasteiger partial charge is 0.347 e. The monoisotopic (exact) mass is 762 g/mol. The number of amides is 3. The van der Waals surface area contributed by atoms with Crippen LogP contribution < -0.4 is 15.5 Å². The maximum Gasteiger partial charge on any atom is 0.252 e. The highest BCUT2D eigenvalue weighted by Crippen LogP contribution is 2.52. The molecule has 3 fully saturated rings. The molecule has 2 aromatic heterocycles. The van der Waals surface area contributed by atoms with Gasteiger partial charge in [0.05, 0.1) is 28.6 Å². The summed E-state index contributed by atoms with van der Waals surface area (Å²) in [4.78, 5) is 56.9. The number of nitrogens with zero attached hydrogens (tertiary/aromatic N) is 6. The van der Waals surface area contributed by atoms with E-state index < -0.39 is 16.8 Å². The second kappa shape index (κ2) is 14.3. The van der Waals surface area contributed by atoms with Crippen molar-refractivity contribution in [1.29, 1.82) is 0 Å². The van der Waals surface area contributed by atoms with E-state index in [0.29, 0.717) is 60.1 Å². The molecule has 0 atom stereocenters. The van der Waals surface area contributed by atoms with E-state index in [4.69, 9.17) is 9.97 Å². The number of hydrogen-bond donors (Lipinski definition) is 2. The van der Waals surface area contributed by atoms with E-state index >= 15 is 4.39 Å². The molecule has 4 aromatic rings. The first-order valence-corrected chi connectivity index (χ1v) is 20.4. The van der Waals surface area contributed by atoms with Crippen molar-refractivity contribution in [3.63, 3.8) is 0 Å². The van der Waals surface area contributed by atoms with Gasteiger partial charge in [-0.1, -0.05) is 18.6 Å². The molecule has 296 valence electrons. The molecular formula is C44H55FN8O3. The average molecular weight is 763 g/mol. The van der Waals surface area contributed by atoms with Crippen LogP contribution in [0.4, 0.5) is 21.6 Å². The summed E-state index contributed by atoms with van der Waals surface area (Å²) in [5, 5.41) is 6.26. The van der Waals surface area contributed by atoms with Crippen molar-refractivity contribution in [2.24, 2.45) is 0 Å². The zero-order valence-corrected chi connectivity index (χ0v) is 33.8. The van der Waals surface area contributed by atoms with Gasteiger partial charge in [-0.15, -0.1) is 0 Å². The van der Waals surface area contributed by atoms with E-state index in [-0.39, 0.29) is 35.5 Å². The van der Waals surface area contributed by atoms with Crippen LogP contribution in [0.15, 0.2) is 42.7 Å². The normalized spacial score (nSPS) is 21.1. The molecule has 8 rings (SSSR count). The third-order valence-electron chi connectivity index (χ3n) is 12.5. The number of aromatic nitrogens is 3. The summed E-state index contributed by atoms with van der Waals surface area (Å²) in [5.74, 6) is -0.174. The lowest BCUT2D eigenvalue weighted by atomic mass is 9.73. The second-order valence-corrected chi connectivity index (χ2v) is 17.8. The molecule has 3 amide bonds. The zero-order chi connectivity index (χ0) is 39.7. The van der Waals surface area contributed by atoms with E-state index in [1.165, 1.54) is 25.3 Å². The summed E-state index contributed by atoms with van der Waals surface area (Å²) in [6, 6.07) is 11.8. The fraction of sp³-hybridized carbons (Fsp3) is 0.523. The van der Waals surface area contributed by atoms with Crippen LogP contribution >= 0.6 is 0 Å². The van der Waals surface area contributed by atoms with E-state index in [1.807, 2.05) is 42.4 Å². The third kappa shape index (κ3) is 6.73. The Hall–Kier alpha value is -4.84. The molecule has 1 aliphatic carbocycles. The number of carbonyl (C=O) groups is 3. The molecule has 11 nitrogen and oxygen atoms in total. The molecule has 2 N–H and O–H groups in total. The molecule has 12 heteroatoms. The number of rotatable bonds is 7. The minimum Gasteiger partial charge on any atom is -0.347 e. The van der Waals surface area contributed by atoms with Gasteiger partial charge in [0.1, 0.15) is 11.3 Å². The molecule has 1 spiro atoms. The third-order valence-corrected chi connectivity index (χ3v) is 12.5. The number of pyridine rings is 1. The molecule has 2 aromatic carbocycles. The van der Waals surface area contributed by atoms with Crippen LogP contribution in [0, 0.1) is 12.7 Å². The summed E-state index contributed by atoms with van der Waals surface area (Å²) in [7, 11) is 0. The Morgan fingerprint density at radius 2 is 1.68 bits per heavy atom. The smallest absolute Gasteiger partial charge is 0.252 e. The van der Waals surface area contributed by atoms with Crippen molar-refractivity contribution in [3.8, 4) is 11.3 Å². The van der Waals surface area contributed by atoms with E-state index in [0.717, 1.165) is 48.3 Å². The number of halogens is 1. The Labute approximate surface area is 329 Å². The molecular weight excluding hydrogens is 708 g/mol. The number of likely N-dealkylation sites (tertiary alicyclic amines) is 2. The number of nitrogens with one attached hydrogen (secondary N) is 2. The Kier molecular flexibility index (Phi) is 9.70. The lowest BCUT2D eigenvalue weighted by molar-refractivity contribution is -0.134. The maximum absolute atomic E-state index is 15.8. The molecule has 3 aliphatic heterocycles. The average Bonchev–Trinajstić information content (AvgIpc) is 3.66. The van der Waals surface area contributed by atoms with Crippen molar-refractivity contribution in [2.45, 2.75) is 122 Å². The van der Waals surface area contributed by atoms with Crippen LogP contribution in [-0.4, -0.2) is 85.9 Å². The van der Waals surface area contributed by atoms with E-state index in [9.17, 15) is 14.4 Å². The first kappa shape index (κ1) is 38.1. The topological polar surface area (TPSA) is 116 Å². The molecule has 0 bridgehead atoms. The van der Waals surface area contributed by atoms with Crippen LogP contribution in [-0.2, 0) is 15.0 Å². The number of anilines is 3. The number of imidazole rings is 1. The number of fused-ring (bicyclic) bond motifs is 3. The first-order valence-electron chi connectivity index (χ1n) is 20.4. The van der Waals surface area contributed by atoms with Crippen molar-refractivity contribution in [1.82, 2.24) is 29.7 Å². The van der Waals surface area contributed by atoms with Gasteiger partial charge in [-0.3, -0.25) is 14.4 Å². The maximum atomic E-state index is 15.8. The van der Waals surface area contributed by atoms with Gasteiger partial charge >= 0.3 is 0 Å². The number of benzene rings is 2.